The molecule has 2 aliphatic rings. The molecule has 1 heterocycles. The molecule has 0 aromatic carbocycles. The van der Waals surface area contributed by atoms with Crippen LogP contribution in [0.15, 0.2) is 0 Å². The fourth-order valence-corrected chi connectivity index (χ4v) is 3.59. The third kappa shape index (κ3) is 4.87. The Morgan fingerprint density at radius 1 is 1.33 bits per heavy atom. The van der Waals surface area contributed by atoms with Crippen LogP contribution in [-0.2, 0) is 0 Å². The maximum absolute atomic E-state index is 12.3. The van der Waals surface area contributed by atoms with Crippen LogP contribution < -0.4 is 5.32 Å². The quantitative estimate of drug-likeness (QED) is 0.841. The second-order valence-corrected chi connectivity index (χ2v) is 7.88. The van der Waals surface area contributed by atoms with Crippen LogP contribution in [0.25, 0.3) is 0 Å². The molecule has 0 bridgehead atoms. The van der Waals surface area contributed by atoms with Crippen molar-refractivity contribution in [3.63, 3.8) is 0 Å². The molecule has 0 radical (unpaired) electrons. The van der Waals surface area contributed by atoms with Gasteiger partial charge in [-0.25, -0.2) is 4.79 Å². The Labute approximate surface area is 129 Å². The lowest BCUT2D eigenvalue weighted by Crippen LogP contribution is -2.48. The van der Waals surface area contributed by atoms with E-state index in [0.29, 0.717) is 17.9 Å². The van der Waals surface area contributed by atoms with Crippen molar-refractivity contribution < 1.29 is 9.90 Å². The molecule has 1 saturated heterocycles. The van der Waals surface area contributed by atoms with E-state index in [-0.39, 0.29) is 18.1 Å². The summed E-state index contributed by atoms with van der Waals surface area (Å²) in [4.78, 5) is 14.2. The fourth-order valence-electron chi connectivity index (χ4n) is 3.59. The number of nitrogens with one attached hydrogen (secondary N) is 1. The number of carbonyl (C=O) groups excluding carboxylic acids is 1. The van der Waals surface area contributed by atoms with Crippen LogP contribution >= 0.6 is 0 Å². The zero-order chi connectivity index (χ0) is 15.5. The Morgan fingerprint density at radius 3 is 2.62 bits per heavy atom. The fraction of sp³-hybridized carbons (Fsp3) is 0.941. The van der Waals surface area contributed by atoms with Crippen molar-refractivity contribution in [3.05, 3.63) is 0 Å². The molecule has 0 aromatic rings. The van der Waals surface area contributed by atoms with E-state index in [1.807, 2.05) is 11.8 Å². The third-order valence-corrected chi connectivity index (χ3v) is 5.43. The lowest BCUT2D eigenvalue weighted by Gasteiger charge is -2.36. The number of urea groups is 1. The standard InChI is InChI=1S/C17H32N2O2/c1-13(20)15-5-4-10-19(12-15)16(21)18-11-14-6-8-17(2,3)9-7-14/h13-15,20H,4-12H2,1-3H3,(H,18,21). The first-order valence-corrected chi connectivity index (χ1v) is 8.58. The smallest absolute Gasteiger partial charge is 0.317 e. The van der Waals surface area contributed by atoms with Crippen LogP contribution in [-0.4, -0.2) is 41.8 Å². The molecular formula is C17H32N2O2. The third-order valence-electron chi connectivity index (χ3n) is 5.43. The number of hydrogen-bond acceptors (Lipinski definition) is 2. The van der Waals surface area contributed by atoms with Gasteiger partial charge in [0.2, 0.25) is 0 Å². The highest BCUT2D eigenvalue weighted by Crippen LogP contribution is 2.37. The van der Waals surface area contributed by atoms with Crippen molar-refractivity contribution in [3.8, 4) is 0 Å². The Morgan fingerprint density at radius 2 is 2.00 bits per heavy atom. The summed E-state index contributed by atoms with van der Waals surface area (Å²) in [7, 11) is 0. The van der Waals surface area contributed by atoms with E-state index in [2.05, 4.69) is 19.2 Å². The van der Waals surface area contributed by atoms with E-state index >= 15 is 0 Å². The number of aliphatic hydroxyl groups is 1. The van der Waals surface area contributed by atoms with Crippen molar-refractivity contribution in [2.24, 2.45) is 17.3 Å². The number of rotatable bonds is 3. The van der Waals surface area contributed by atoms with Gasteiger partial charge in [0.05, 0.1) is 6.10 Å². The molecule has 2 atom stereocenters. The van der Waals surface area contributed by atoms with Gasteiger partial charge in [-0.05, 0) is 56.8 Å². The number of nitrogens with zero attached hydrogens (tertiary/aromatic N) is 1. The Balaban J connectivity index is 1.72. The molecule has 2 unspecified atom stereocenters. The van der Waals surface area contributed by atoms with Gasteiger partial charge in [-0.3, -0.25) is 0 Å². The van der Waals surface area contributed by atoms with Gasteiger partial charge >= 0.3 is 6.03 Å². The molecule has 4 nitrogen and oxygen atoms in total. The van der Waals surface area contributed by atoms with Gasteiger partial charge in [-0.1, -0.05) is 13.8 Å². The molecule has 4 heteroatoms. The molecule has 122 valence electrons. The van der Waals surface area contributed by atoms with Gasteiger partial charge in [0.15, 0.2) is 0 Å². The largest absolute Gasteiger partial charge is 0.393 e. The second kappa shape index (κ2) is 6.99. The second-order valence-electron chi connectivity index (χ2n) is 7.88. The molecule has 2 rings (SSSR count). The van der Waals surface area contributed by atoms with Gasteiger partial charge < -0.3 is 15.3 Å². The molecule has 2 amide bonds. The van der Waals surface area contributed by atoms with Crippen LogP contribution in [0.2, 0.25) is 0 Å². The normalized spacial score (nSPS) is 28.2. The van der Waals surface area contributed by atoms with Crippen LogP contribution in [0.4, 0.5) is 4.79 Å². The molecule has 2 fully saturated rings. The zero-order valence-electron chi connectivity index (χ0n) is 13.9. The summed E-state index contributed by atoms with van der Waals surface area (Å²) in [5, 5.41) is 12.8. The summed E-state index contributed by atoms with van der Waals surface area (Å²) >= 11 is 0. The van der Waals surface area contributed by atoms with Gasteiger partial charge in [-0.2, -0.15) is 0 Å². The molecule has 1 saturated carbocycles. The van der Waals surface area contributed by atoms with E-state index in [0.717, 1.165) is 25.9 Å². The van der Waals surface area contributed by atoms with Crippen LogP contribution in [0, 0.1) is 17.3 Å². The van der Waals surface area contributed by atoms with Crippen molar-refractivity contribution in [2.45, 2.75) is 65.4 Å². The highest BCUT2D eigenvalue weighted by atomic mass is 16.3. The van der Waals surface area contributed by atoms with E-state index < -0.39 is 0 Å². The minimum Gasteiger partial charge on any atom is -0.393 e. The predicted molar refractivity (Wildman–Crippen MR) is 85.1 cm³/mol. The SMILES string of the molecule is CC(O)C1CCCN(C(=O)NCC2CCC(C)(C)CC2)C1. The lowest BCUT2D eigenvalue weighted by atomic mass is 9.73. The highest BCUT2D eigenvalue weighted by molar-refractivity contribution is 5.74. The number of carbonyl (C=O) groups is 1. The van der Waals surface area contributed by atoms with Crippen molar-refractivity contribution in [2.75, 3.05) is 19.6 Å². The van der Waals surface area contributed by atoms with Crippen molar-refractivity contribution >= 4 is 6.03 Å². The van der Waals surface area contributed by atoms with Crippen molar-refractivity contribution in [1.82, 2.24) is 10.2 Å². The Kier molecular flexibility index (Phi) is 5.53. The van der Waals surface area contributed by atoms with E-state index in [9.17, 15) is 9.90 Å². The number of aliphatic hydroxyl groups excluding tert-OH is 1. The average Bonchev–Trinajstić information content (AvgIpc) is 2.46. The van der Waals surface area contributed by atoms with Gasteiger partial charge in [0, 0.05) is 25.6 Å². The summed E-state index contributed by atoms with van der Waals surface area (Å²) in [6.07, 6.45) is 6.69. The molecule has 1 aliphatic heterocycles. The van der Waals surface area contributed by atoms with E-state index in [4.69, 9.17) is 0 Å². The average molecular weight is 296 g/mol. The topological polar surface area (TPSA) is 52.6 Å². The molecular weight excluding hydrogens is 264 g/mol. The Hall–Kier alpha value is -0.770. The summed E-state index contributed by atoms with van der Waals surface area (Å²) in [6.45, 7) is 8.84. The summed E-state index contributed by atoms with van der Waals surface area (Å²) < 4.78 is 0. The first-order chi connectivity index (χ1) is 9.87. The molecule has 0 spiro atoms. The van der Waals surface area contributed by atoms with Gasteiger partial charge in [0.1, 0.15) is 0 Å². The first-order valence-electron chi connectivity index (χ1n) is 8.58. The highest BCUT2D eigenvalue weighted by Gasteiger charge is 2.29. The first kappa shape index (κ1) is 16.6. The van der Waals surface area contributed by atoms with Gasteiger partial charge in [-0.15, -0.1) is 0 Å². The summed E-state index contributed by atoms with van der Waals surface area (Å²) in [5.41, 5.74) is 0.484. The van der Waals surface area contributed by atoms with Crippen LogP contribution in [0.1, 0.15) is 59.3 Å². The monoisotopic (exact) mass is 296 g/mol. The summed E-state index contributed by atoms with van der Waals surface area (Å²) in [5.74, 6) is 0.874. The van der Waals surface area contributed by atoms with Crippen LogP contribution in [0.5, 0.6) is 0 Å². The van der Waals surface area contributed by atoms with E-state index in [1.165, 1.54) is 25.7 Å². The maximum atomic E-state index is 12.3. The van der Waals surface area contributed by atoms with Gasteiger partial charge in [0.25, 0.3) is 0 Å². The zero-order valence-corrected chi connectivity index (χ0v) is 13.9. The number of likely N-dealkylation sites (tertiary alicyclic amines) is 1. The predicted octanol–water partition coefficient (Wildman–Crippen LogP) is 3.01. The molecule has 1 aliphatic carbocycles. The number of piperidine rings is 1. The molecule has 2 N–H and O–H groups in total. The molecule has 0 aromatic heterocycles. The minimum atomic E-state index is -0.318. The lowest BCUT2D eigenvalue weighted by molar-refractivity contribution is 0.0734. The number of hydrogen-bond donors (Lipinski definition) is 2. The number of amides is 2. The summed E-state index contributed by atoms with van der Waals surface area (Å²) in [6, 6.07) is 0.0604. The molecule has 21 heavy (non-hydrogen) atoms. The van der Waals surface area contributed by atoms with Crippen LogP contribution in [0.3, 0.4) is 0 Å². The van der Waals surface area contributed by atoms with Crippen molar-refractivity contribution in [1.29, 1.82) is 0 Å². The van der Waals surface area contributed by atoms with E-state index in [1.54, 1.807) is 0 Å². The Bertz CT molecular complexity index is 345. The minimum absolute atomic E-state index is 0.0604. The maximum Gasteiger partial charge on any atom is 0.317 e.